The zero-order chi connectivity index (χ0) is 20.9. The van der Waals surface area contributed by atoms with Crippen molar-refractivity contribution in [3.05, 3.63) is 65.2 Å². The van der Waals surface area contributed by atoms with Gasteiger partial charge >= 0.3 is 0 Å². The number of nitrogens with one attached hydrogen (secondary N) is 2. The van der Waals surface area contributed by atoms with Crippen LogP contribution in [0.1, 0.15) is 42.4 Å². The number of amides is 2. The van der Waals surface area contributed by atoms with E-state index >= 15 is 0 Å². The molecule has 0 aromatic heterocycles. The molecule has 1 aliphatic carbocycles. The second-order valence-corrected chi connectivity index (χ2v) is 8.62. The quantitative estimate of drug-likeness (QED) is 0.743. The van der Waals surface area contributed by atoms with E-state index in [-0.39, 0.29) is 23.9 Å². The van der Waals surface area contributed by atoms with Crippen molar-refractivity contribution in [3.63, 3.8) is 0 Å². The van der Waals surface area contributed by atoms with Crippen molar-refractivity contribution in [2.75, 3.05) is 18.9 Å². The van der Waals surface area contributed by atoms with Crippen LogP contribution < -0.4 is 10.6 Å². The summed E-state index contributed by atoms with van der Waals surface area (Å²) >= 11 is 0. The molecule has 30 heavy (non-hydrogen) atoms. The summed E-state index contributed by atoms with van der Waals surface area (Å²) in [6.45, 7) is 0.701. The lowest BCUT2D eigenvalue weighted by Crippen LogP contribution is -2.37. The van der Waals surface area contributed by atoms with Crippen LogP contribution in [0.3, 0.4) is 0 Å². The van der Waals surface area contributed by atoms with Crippen LogP contribution in [0.5, 0.6) is 0 Å². The lowest BCUT2D eigenvalue weighted by molar-refractivity contribution is -0.122. The highest BCUT2D eigenvalue weighted by Gasteiger charge is 2.35. The van der Waals surface area contributed by atoms with E-state index in [9.17, 15) is 9.59 Å². The normalized spacial score (nSPS) is 20.7. The van der Waals surface area contributed by atoms with Crippen LogP contribution >= 0.6 is 0 Å². The van der Waals surface area contributed by atoms with Crippen molar-refractivity contribution < 1.29 is 9.59 Å². The number of carbonyl (C=O) groups is 2. The van der Waals surface area contributed by atoms with E-state index in [1.807, 2.05) is 36.2 Å². The monoisotopic (exact) mass is 405 g/mol. The van der Waals surface area contributed by atoms with E-state index in [1.54, 1.807) is 0 Å². The molecule has 2 aromatic carbocycles. The number of nitrogens with zero attached hydrogens (tertiary/aromatic N) is 1. The third kappa shape index (κ3) is 5.08. The first kappa shape index (κ1) is 20.6. The summed E-state index contributed by atoms with van der Waals surface area (Å²) in [6.07, 6.45) is 6.34. The molecule has 158 valence electrons. The zero-order valence-corrected chi connectivity index (χ0v) is 17.7. The van der Waals surface area contributed by atoms with Gasteiger partial charge in [0, 0.05) is 24.7 Å². The summed E-state index contributed by atoms with van der Waals surface area (Å²) in [4.78, 5) is 27.2. The maximum Gasteiger partial charge on any atom is 0.241 e. The molecule has 0 bridgehead atoms. The number of fused-ring (bicyclic) bond motifs is 1. The topological polar surface area (TPSA) is 61.4 Å². The van der Waals surface area contributed by atoms with Crippen molar-refractivity contribution in [1.82, 2.24) is 10.2 Å². The summed E-state index contributed by atoms with van der Waals surface area (Å²) in [6, 6.07) is 16.3. The van der Waals surface area contributed by atoms with Crippen LogP contribution in [0, 0.1) is 0 Å². The van der Waals surface area contributed by atoms with E-state index in [0.717, 1.165) is 31.4 Å². The van der Waals surface area contributed by atoms with Gasteiger partial charge in [-0.2, -0.15) is 0 Å². The molecule has 2 atom stereocenters. The first-order valence-electron chi connectivity index (χ1n) is 11.0. The van der Waals surface area contributed by atoms with Gasteiger partial charge in [-0.1, -0.05) is 36.4 Å². The Labute approximate surface area is 178 Å². The summed E-state index contributed by atoms with van der Waals surface area (Å²) in [5, 5.41) is 6.19. The Hall–Kier alpha value is -2.66. The van der Waals surface area contributed by atoms with E-state index in [1.165, 1.54) is 23.1 Å². The fourth-order valence-corrected chi connectivity index (χ4v) is 4.68. The van der Waals surface area contributed by atoms with Gasteiger partial charge in [-0.15, -0.1) is 0 Å². The number of hydrogen-bond donors (Lipinski definition) is 2. The Kier molecular flexibility index (Phi) is 6.48. The molecule has 4 rings (SSSR count). The molecular formula is C25H31N3O2. The Morgan fingerprint density at radius 2 is 1.87 bits per heavy atom. The van der Waals surface area contributed by atoms with Crippen molar-refractivity contribution >= 4 is 17.5 Å². The molecule has 2 aromatic rings. The molecule has 2 amide bonds. The smallest absolute Gasteiger partial charge is 0.241 e. The highest BCUT2D eigenvalue weighted by molar-refractivity contribution is 5.95. The van der Waals surface area contributed by atoms with E-state index in [0.29, 0.717) is 19.4 Å². The predicted molar refractivity (Wildman–Crippen MR) is 119 cm³/mol. The third-order valence-electron chi connectivity index (χ3n) is 6.29. The standard InChI is InChI=1S/C25H31N3O2/c1-28-17-22(26-24(29)12-5-9-18-7-3-2-4-8-18)16-23(28)25(30)27-21-14-13-19-10-6-11-20(19)15-21/h2-4,7-8,13-15,22-23H,5-6,9-12,16-17H2,1H3,(H,26,29)(H,27,30). The van der Waals surface area contributed by atoms with Crippen LogP contribution in [0.4, 0.5) is 5.69 Å². The van der Waals surface area contributed by atoms with E-state index in [4.69, 9.17) is 0 Å². The molecule has 2 N–H and O–H groups in total. The van der Waals surface area contributed by atoms with Gasteiger partial charge in [-0.05, 0) is 74.4 Å². The number of hydrogen-bond acceptors (Lipinski definition) is 3. The zero-order valence-electron chi connectivity index (χ0n) is 17.7. The SMILES string of the molecule is CN1CC(NC(=O)CCCc2ccccc2)CC1C(=O)Nc1ccc2c(c1)CCC2. The van der Waals surface area contributed by atoms with Crippen LogP contribution in [0.2, 0.25) is 0 Å². The lowest BCUT2D eigenvalue weighted by Gasteiger charge is -2.18. The van der Waals surface area contributed by atoms with Gasteiger partial charge in [0.25, 0.3) is 0 Å². The van der Waals surface area contributed by atoms with Crippen LogP contribution in [0.25, 0.3) is 0 Å². The maximum atomic E-state index is 12.8. The van der Waals surface area contributed by atoms with Crippen LogP contribution in [0.15, 0.2) is 48.5 Å². The average molecular weight is 406 g/mol. The van der Waals surface area contributed by atoms with Crippen LogP contribution in [-0.4, -0.2) is 42.4 Å². The second-order valence-electron chi connectivity index (χ2n) is 8.62. The Morgan fingerprint density at radius 3 is 2.70 bits per heavy atom. The van der Waals surface area contributed by atoms with Gasteiger partial charge in [-0.25, -0.2) is 0 Å². The molecular weight excluding hydrogens is 374 g/mol. The lowest BCUT2D eigenvalue weighted by atomic mass is 10.1. The Morgan fingerprint density at radius 1 is 1.07 bits per heavy atom. The van der Waals surface area contributed by atoms with Gasteiger partial charge in [0.1, 0.15) is 0 Å². The predicted octanol–water partition coefficient (Wildman–Crippen LogP) is 3.33. The van der Waals surface area contributed by atoms with Gasteiger partial charge in [0.05, 0.1) is 6.04 Å². The average Bonchev–Trinajstić information content (AvgIpc) is 3.34. The molecule has 1 aliphatic heterocycles. The molecule has 5 heteroatoms. The second kappa shape index (κ2) is 9.43. The summed E-state index contributed by atoms with van der Waals surface area (Å²) in [5.74, 6) is 0.0836. The molecule has 2 aliphatic rings. The minimum Gasteiger partial charge on any atom is -0.352 e. The Bertz CT molecular complexity index is 897. The molecule has 5 nitrogen and oxygen atoms in total. The van der Waals surface area contributed by atoms with E-state index in [2.05, 4.69) is 34.9 Å². The molecule has 2 unspecified atom stereocenters. The molecule has 0 spiro atoms. The molecule has 1 heterocycles. The Balaban J connectivity index is 1.23. The maximum absolute atomic E-state index is 12.8. The summed E-state index contributed by atoms with van der Waals surface area (Å²) in [5.41, 5.74) is 4.89. The van der Waals surface area contributed by atoms with Crippen LogP contribution in [-0.2, 0) is 28.9 Å². The van der Waals surface area contributed by atoms with Gasteiger partial charge in [0.2, 0.25) is 11.8 Å². The van der Waals surface area contributed by atoms with Gasteiger partial charge in [-0.3, -0.25) is 14.5 Å². The van der Waals surface area contributed by atoms with Crippen molar-refractivity contribution in [3.8, 4) is 0 Å². The molecule has 0 saturated carbocycles. The highest BCUT2D eigenvalue weighted by Crippen LogP contribution is 2.26. The van der Waals surface area contributed by atoms with Crippen molar-refractivity contribution in [2.24, 2.45) is 0 Å². The van der Waals surface area contributed by atoms with Crippen molar-refractivity contribution in [2.45, 2.75) is 57.0 Å². The minimum atomic E-state index is -0.215. The van der Waals surface area contributed by atoms with Gasteiger partial charge < -0.3 is 10.6 Å². The highest BCUT2D eigenvalue weighted by atomic mass is 16.2. The first-order valence-corrected chi connectivity index (χ1v) is 11.0. The third-order valence-corrected chi connectivity index (χ3v) is 6.29. The van der Waals surface area contributed by atoms with E-state index < -0.39 is 0 Å². The largest absolute Gasteiger partial charge is 0.352 e. The number of anilines is 1. The molecule has 0 radical (unpaired) electrons. The fraction of sp³-hybridized carbons (Fsp3) is 0.440. The first-order chi connectivity index (χ1) is 14.6. The van der Waals surface area contributed by atoms with Gasteiger partial charge in [0.15, 0.2) is 0 Å². The fourth-order valence-electron chi connectivity index (χ4n) is 4.68. The number of likely N-dealkylation sites (N-methyl/N-ethyl adjacent to an activating group) is 1. The molecule has 1 saturated heterocycles. The number of benzene rings is 2. The summed E-state index contributed by atoms with van der Waals surface area (Å²) < 4.78 is 0. The number of rotatable bonds is 7. The number of carbonyl (C=O) groups excluding carboxylic acids is 2. The minimum absolute atomic E-state index is 0.0104. The number of likely N-dealkylation sites (tertiary alicyclic amines) is 1. The van der Waals surface area contributed by atoms with Crippen molar-refractivity contribution in [1.29, 1.82) is 0 Å². The number of aryl methyl sites for hydroxylation is 3. The molecule has 1 fully saturated rings. The summed E-state index contributed by atoms with van der Waals surface area (Å²) in [7, 11) is 1.95.